The molecule has 0 aromatic heterocycles. The van der Waals surface area contributed by atoms with Crippen molar-refractivity contribution in [1.29, 1.82) is 0 Å². The topological polar surface area (TPSA) is 85.8 Å². The first-order valence-electron chi connectivity index (χ1n) is 9.97. The summed E-state index contributed by atoms with van der Waals surface area (Å²) in [6.45, 7) is 3.78. The Balaban J connectivity index is 2.08. The molecule has 1 fully saturated rings. The van der Waals surface area contributed by atoms with Gasteiger partial charge < -0.3 is 20.9 Å². The number of carbonyl (C=O) groups is 2. The second-order valence-corrected chi connectivity index (χ2v) is 7.52. The highest BCUT2D eigenvalue weighted by atomic mass is 16.2. The molecule has 1 aliphatic carbocycles. The Hall–Kier alpha value is -2.57. The SMILES string of the molecule is CCNC(=NCc1cccc(C(=O)NC)c1)NCC1(C(=O)N(C)C)CCCC1. The Morgan fingerprint density at radius 3 is 2.50 bits per heavy atom. The maximum atomic E-state index is 12.7. The van der Waals surface area contributed by atoms with Crippen molar-refractivity contribution in [2.24, 2.45) is 10.4 Å². The quantitative estimate of drug-likeness (QED) is 0.491. The molecule has 2 rings (SSSR count). The van der Waals surface area contributed by atoms with E-state index in [-0.39, 0.29) is 17.2 Å². The Labute approximate surface area is 168 Å². The van der Waals surface area contributed by atoms with E-state index in [1.807, 2.05) is 39.2 Å². The second kappa shape index (κ2) is 10.1. The molecule has 7 heteroatoms. The van der Waals surface area contributed by atoms with E-state index in [9.17, 15) is 9.59 Å². The molecular weight excluding hydrogens is 354 g/mol. The average molecular weight is 388 g/mol. The molecule has 1 saturated carbocycles. The average Bonchev–Trinajstić information content (AvgIpc) is 3.19. The number of rotatable bonds is 7. The summed E-state index contributed by atoms with van der Waals surface area (Å²) in [5.74, 6) is 0.763. The number of aliphatic imine (C=N–C) groups is 1. The van der Waals surface area contributed by atoms with E-state index < -0.39 is 0 Å². The lowest BCUT2D eigenvalue weighted by Gasteiger charge is -2.31. The molecule has 0 atom stereocenters. The van der Waals surface area contributed by atoms with Gasteiger partial charge in [0, 0.05) is 39.8 Å². The van der Waals surface area contributed by atoms with Crippen LogP contribution in [0.25, 0.3) is 0 Å². The highest BCUT2D eigenvalue weighted by molar-refractivity contribution is 5.94. The summed E-state index contributed by atoms with van der Waals surface area (Å²) in [6.07, 6.45) is 3.98. The van der Waals surface area contributed by atoms with Crippen molar-refractivity contribution in [3.05, 3.63) is 35.4 Å². The monoisotopic (exact) mass is 387 g/mol. The van der Waals surface area contributed by atoms with Crippen LogP contribution >= 0.6 is 0 Å². The summed E-state index contributed by atoms with van der Waals surface area (Å²) in [7, 11) is 5.26. The van der Waals surface area contributed by atoms with E-state index in [0.29, 0.717) is 24.6 Å². The lowest BCUT2D eigenvalue weighted by Crippen LogP contribution is -2.49. The zero-order chi connectivity index (χ0) is 20.6. The Kier molecular flexibility index (Phi) is 7.84. The number of nitrogens with zero attached hydrogens (tertiary/aromatic N) is 2. The molecule has 3 N–H and O–H groups in total. The summed E-state index contributed by atoms with van der Waals surface area (Å²) in [5.41, 5.74) is 1.23. The molecule has 0 bridgehead atoms. The number of hydrogen-bond acceptors (Lipinski definition) is 3. The van der Waals surface area contributed by atoms with Crippen molar-refractivity contribution in [3.8, 4) is 0 Å². The minimum Gasteiger partial charge on any atom is -0.357 e. The molecule has 28 heavy (non-hydrogen) atoms. The van der Waals surface area contributed by atoms with Crippen molar-refractivity contribution in [2.75, 3.05) is 34.2 Å². The summed E-state index contributed by atoms with van der Waals surface area (Å²) >= 11 is 0. The van der Waals surface area contributed by atoms with Crippen LogP contribution in [-0.2, 0) is 11.3 Å². The van der Waals surface area contributed by atoms with Gasteiger partial charge in [-0.1, -0.05) is 25.0 Å². The fourth-order valence-electron chi connectivity index (χ4n) is 3.71. The normalized spacial score (nSPS) is 15.8. The molecule has 0 spiro atoms. The summed E-state index contributed by atoms with van der Waals surface area (Å²) in [5, 5.41) is 9.25. The Morgan fingerprint density at radius 2 is 1.89 bits per heavy atom. The molecule has 0 aliphatic heterocycles. The largest absolute Gasteiger partial charge is 0.357 e. The number of hydrogen-bond donors (Lipinski definition) is 3. The lowest BCUT2D eigenvalue weighted by molar-refractivity contribution is -0.138. The van der Waals surface area contributed by atoms with Gasteiger partial charge in [0.1, 0.15) is 0 Å². The predicted octanol–water partition coefficient (Wildman–Crippen LogP) is 1.75. The third-order valence-electron chi connectivity index (χ3n) is 5.19. The molecule has 1 aromatic carbocycles. The first-order chi connectivity index (χ1) is 13.4. The van der Waals surface area contributed by atoms with Gasteiger partial charge in [-0.15, -0.1) is 0 Å². The van der Waals surface area contributed by atoms with E-state index in [2.05, 4.69) is 20.9 Å². The van der Waals surface area contributed by atoms with Gasteiger partial charge in [0.05, 0.1) is 12.0 Å². The zero-order valence-corrected chi connectivity index (χ0v) is 17.5. The minimum atomic E-state index is -0.348. The Bertz CT molecular complexity index is 709. The maximum Gasteiger partial charge on any atom is 0.251 e. The first kappa shape index (κ1) is 21.7. The number of carbonyl (C=O) groups excluding carboxylic acids is 2. The van der Waals surface area contributed by atoms with Crippen LogP contribution in [0.4, 0.5) is 0 Å². The van der Waals surface area contributed by atoms with Crippen LogP contribution in [0.3, 0.4) is 0 Å². The van der Waals surface area contributed by atoms with Crippen molar-refractivity contribution < 1.29 is 9.59 Å². The van der Waals surface area contributed by atoms with Gasteiger partial charge in [0.15, 0.2) is 5.96 Å². The van der Waals surface area contributed by atoms with Crippen LogP contribution in [0.5, 0.6) is 0 Å². The molecule has 0 heterocycles. The molecular formula is C21H33N5O2. The van der Waals surface area contributed by atoms with Gasteiger partial charge in [-0.05, 0) is 37.5 Å². The summed E-state index contributed by atoms with van der Waals surface area (Å²) in [4.78, 5) is 30.9. The fraction of sp³-hybridized carbons (Fsp3) is 0.571. The van der Waals surface area contributed by atoms with Crippen molar-refractivity contribution >= 4 is 17.8 Å². The number of amides is 2. The van der Waals surface area contributed by atoms with E-state index in [1.165, 1.54) is 0 Å². The van der Waals surface area contributed by atoms with Gasteiger partial charge in [0.25, 0.3) is 5.91 Å². The fourth-order valence-corrected chi connectivity index (χ4v) is 3.71. The van der Waals surface area contributed by atoms with Crippen LogP contribution in [0.1, 0.15) is 48.5 Å². The van der Waals surface area contributed by atoms with Gasteiger partial charge in [-0.2, -0.15) is 0 Å². The van der Waals surface area contributed by atoms with Gasteiger partial charge >= 0.3 is 0 Å². The number of guanidine groups is 1. The number of benzene rings is 1. The highest BCUT2D eigenvalue weighted by Crippen LogP contribution is 2.38. The summed E-state index contributed by atoms with van der Waals surface area (Å²) in [6, 6.07) is 7.44. The smallest absolute Gasteiger partial charge is 0.251 e. The Morgan fingerprint density at radius 1 is 1.18 bits per heavy atom. The second-order valence-electron chi connectivity index (χ2n) is 7.52. The van der Waals surface area contributed by atoms with Crippen LogP contribution in [0.15, 0.2) is 29.3 Å². The maximum absolute atomic E-state index is 12.7. The van der Waals surface area contributed by atoms with E-state index >= 15 is 0 Å². The molecule has 154 valence electrons. The standard InChI is InChI=1S/C21H33N5O2/c1-5-23-20(24-14-16-9-8-10-17(13-16)18(27)22-2)25-15-21(11-6-7-12-21)19(28)26(3)4/h8-10,13H,5-7,11-12,14-15H2,1-4H3,(H,22,27)(H2,23,24,25). The van der Waals surface area contributed by atoms with Crippen LogP contribution < -0.4 is 16.0 Å². The van der Waals surface area contributed by atoms with E-state index in [1.54, 1.807) is 18.0 Å². The van der Waals surface area contributed by atoms with Crippen LogP contribution in [0.2, 0.25) is 0 Å². The molecule has 7 nitrogen and oxygen atoms in total. The van der Waals surface area contributed by atoms with E-state index in [0.717, 1.165) is 37.8 Å². The molecule has 2 amide bonds. The minimum absolute atomic E-state index is 0.110. The molecule has 1 aromatic rings. The van der Waals surface area contributed by atoms with Crippen molar-refractivity contribution in [1.82, 2.24) is 20.9 Å². The van der Waals surface area contributed by atoms with Crippen molar-refractivity contribution in [2.45, 2.75) is 39.2 Å². The lowest BCUT2D eigenvalue weighted by atomic mass is 9.84. The molecule has 0 unspecified atom stereocenters. The van der Waals surface area contributed by atoms with Crippen LogP contribution in [0, 0.1) is 5.41 Å². The van der Waals surface area contributed by atoms with Crippen LogP contribution in [-0.4, -0.2) is 56.9 Å². The molecule has 0 saturated heterocycles. The molecule has 1 aliphatic rings. The third kappa shape index (κ3) is 5.47. The zero-order valence-electron chi connectivity index (χ0n) is 17.5. The van der Waals surface area contributed by atoms with Crippen molar-refractivity contribution in [3.63, 3.8) is 0 Å². The predicted molar refractivity (Wildman–Crippen MR) is 112 cm³/mol. The van der Waals surface area contributed by atoms with Gasteiger partial charge in [-0.3, -0.25) is 9.59 Å². The van der Waals surface area contributed by atoms with E-state index in [4.69, 9.17) is 0 Å². The third-order valence-corrected chi connectivity index (χ3v) is 5.19. The number of nitrogens with one attached hydrogen (secondary N) is 3. The summed E-state index contributed by atoms with van der Waals surface area (Å²) < 4.78 is 0. The first-order valence-corrected chi connectivity index (χ1v) is 9.97. The van der Waals surface area contributed by atoms with Gasteiger partial charge in [-0.25, -0.2) is 4.99 Å². The highest BCUT2D eigenvalue weighted by Gasteiger charge is 2.42. The van der Waals surface area contributed by atoms with Gasteiger partial charge in [0.2, 0.25) is 5.91 Å². The molecule has 0 radical (unpaired) electrons.